The lowest BCUT2D eigenvalue weighted by molar-refractivity contribution is -0.123. The molecule has 3 unspecified atom stereocenters. The maximum Gasteiger partial charge on any atom is 0.227 e. The highest BCUT2D eigenvalue weighted by molar-refractivity contribution is 9.09. The van der Waals surface area contributed by atoms with Crippen molar-refractivity contribution in [2.75, 3.05) is 0 Å². The van der Waals surface area contributed by atoms with Crippen molar-refractivity contribution >= 4 is 21.8 Å². The molecule has 0 saturated heterocycles. The SMILES string of the molecule is CCC(C(=O)NC(C)CC(C)Br)c1ccccc1. The van der Waals surface area contributed by atoms with E-state index in [-0.39, 0.29) is 17.9 Å². The molecule has 0 aliphatic heterocycles. The van der Waals surface area contributed by atoms with E-state index >= 15 is 0 Å². The summed E-state index contributed by atoms with van der Waals surface area (Å²) in [7, 11) is 0. The molecule has 1 rings (SSSR count). The number of alkyl halides is 1. The fraction of sp³-hybridized carbons (Fsp3) is 0.533. The van der Waals surface area contributed by atoms with Crippen molar-refractivity contribution in [3.63, 3.8) is 0 Å². The molecule has 0 aliphatic rings. The normalized spacial score (nSPS) is 15.8. The van der Waals surface area contributed by atoms with Crippen LogP contribution < -0.4 is 5.32 Å². The molecule has 1 amide bonds. The fourth-order valence-electron chi connectivity index (χ4n) is 2.15. The first kappa shape index (κ1) is 15.2. The highest BCUT2D eigenvalue weighted by Crippen LogP contribution is 2.19. The molecule has 0 bridgehead atoms. The van der Waals surface area contributed by atoms with Crippen LogP contribution in [0.5, 0.6) is 0 Å². The Labute approximate surface area is 118 Å². The van der Waals surface area contributed by atoms with Gasteiger partial charge in [0, 0.05) is 10.9 Å². The number of benzene rings is 1. The summed E-state index contributed by atoms with van der Waals surface area (Å²) >= 11 is 3.51. The van der Waals surface area contributed by atoms with E-state index in [2.05, 4.69) is 35.1 Å². The van der Waals surface area contributed by atoms with Crippen molar-refractivity contribution in [2.24, 2.45) is 0 Å². The van der Waals surface area contributed by atoms with Crippen LogP contribution in [0.2, 0.25) is 0 Å². The number of halogens is 1. The highest BCUT2D eigenvalue weighted by Gasteiger charge is 2.20. The Morgan fingerprint density at radius 3 is 2.39 bits per heavy atom. The summed E-state index contributed by atoms with van der Waals surface area (Å²) in [6.07, 6.45) is 1.77. The summed E-state index contributed by atoms with van der Waals surface area (Å²) in [5.41, 5.74) is 1.09. The summed E-state index contributed by atoms with van der Waals surface area (Å²) in [6, 6.07) is 10.2. The quantitative estimate of drug-likeness (QED) is 0.794. The maximum atomic E-state index is 12.2. The summed E-state index contributed by atoms with van der Waals surface area (Å²) in [5.74, 6) is 0.0867. The Kier molecular flexibility index (Phi) is 6.41. The Bertz CT molecular complexity index is 364. The molecule has 1 N–H and O–H groups in total. The van der Waals surface area contributed by atoms with Crippen LogP contribution in [0.3, 0.4) is 0 Å². The van der Waals surface area contributed by atoms with Crippen LogP contribution in [-0.4, -0.2) is 16.8 Å². The Morgan fingerprint density at radius 1 is 1.28 bits per heavy atom. The molecule has 0 saturated carbocycles. The molecule has 0 radical (unpaired) electrons. The van der Waals surface area contributed by atoms with Crippen LogP contribution in [0, 0.1) is 0 Å². The minimum Gasteiger partial charge on any atom is -0.353 e. The van der Waals surface area contributed by atoms with Gasteiger partial charge in [0.2, 0.25) is 5.91 Å². The molecule has 0 aliphatic carbocycles. The van der Waals surface area contributed by atoms with Crippen molar-refractivity contribution in [3.8, 4) is 0 Å². The minimum atomic E-state index is -0.0423. The first-order valence-electron chi connectivity index (χ1n) is 6.54. The Balaban J connectivity index is 2.63. The lowest BCUT2D eigenvalue weighted by Gasteiger charge is -2.20. The van der Waals surface area contributed by atoms with Crippen LogP contribution >= 0.6 is 15.9 Å². The number of hydrogen-bond donors (Lipinski definition) is 1. The van der Waals surface area contributed by atoms with E-state index in [0.29, 0.717) is 4.83 Å². The molecule has 3 heteroatoms. The summed E-state index contributed by atoms with van der Waals surface area (Å²) < 4.78 is 0. The van der Waals surface area contributed by atoms with Gasteiger partial charge in [-0.1, -0.05) is 60.1 Å². The van der Waals surface area contributed by atoms with Gasteiger partial charge in [-0.3, -0.25) is 4.79 Å². The predicted octanol–water partition coefficient (Wildman–Crippen LogP) is 3.86. The minimum absolute atomic E-state index is 0.0423. The molecular weight excluding hydrogens is 290 g/mol. The van der Waals surface area contributed by atoms with E-state index in [1.807, 2.05) is 37.3 Å². The third-order valence-corrected chi connectivity index (χ3v) is 3.37. The van der Waals surface area contributed by atoms with Crippen LogP contribution in [0.15, 0.2) is 30.3 Å². The number of hydrogen-bond acceptors (Lipinski definition) is 1. The van der Waals surface area contributed by atoms with E-state index in [1.54, 1.807) is 0 Å². The number of rotatable bonds is 6. The summed E-state index contributed by atoms with van der Waals surface area (Å²) in [4.78, 5) is 12.7. The molecule has 1 aromatic carbocycles. The van der Waals surface area contributed by atoms with Crippen LogP contribution in [-0.2, 0) is 4.79 Å². The zero-order valence-electron chi connectivity index (χ0n) is 11.3. The second-order valence-corrected chi connectivity index (χ2v) is 6.36. The monoisotopic (exact) mass is 311 g/mol. The average Bonchev–Trinajstić information content (AvgIpc) is 2.29. The molecule has 2 nitrogen and oxygen atoms in total. The number of nitrogens with one attached hydrogen (secondary N) is 1. The Hall–Kier alpha value is -0.830. The Morgan fingerprint density at radius 2 is 1.89 bits per heavy atom. The van der Waals surface area contributed by atoms with Crippen LogP contribution in [0.25, 0.3) is 0 Å². The van der Waals surface area contributed by atoms with E-state index in [9.17, 15) is 4.79 Å². The van der Waals surface area contributed by atoms with Gasteiger partial charge in [-0.2, -0.15) is 0 Å². The molecule has 0 spiro atoms. The smallest absolute Gasteiger partial charge is 0.227 e. The lowest BCUT2D eigenvalue weighted by Crippen LogP contribution is -2.37. The molecule has 100 valence electrons. The van der Waals surface area contributed by atoms with Crippen molar-refractivity contribution in [1.29, 1.82) is 0 Å². The first-order valence-corrected chi connectivity index (χ1v) is 7.45. The van der Waals surface area contributed by atoms with E-state index < -0.39 is 0 Å². The van der Waals surface area contributed by atoms with Gasteiger partial charge in [-0.25, -0.2) is 0 Å². The van der Waals surface area contributed by atoms with Gasteiger partial charge in [0.15, 0.2) is 0 Å². The van der Waals surface area contributed by atoms with E-state index in [1.165, 1.54) is 0 Å². The molecule has 3 atom stereocenters. The maximum absolute atomic E-state index is 12.2. The molecular formula is C15H22BrNO. The second kappa shape index (κ2) is 7.57. The standard InChI is InChI=1S/C15H22BrNO/c1-4-14(13-8-6-5-7-9-13)15(18)17-12(3)10-11(2)16/h5-9,11-12,14H,4,10H2,1-3H3,(H,17,18). The average molecular weight is 312 g/mol. The van der Waals surface area contributed by atoms with Crippen molar-refractivity contribution < 1.29 is 4.79 Å². The zero-order chi connectivity index (χ0) is 13.5. The predicted molar refractivity (Wildman–Crippen MR) is 80.1 cm³/mol. The van der Waals surface area contributed by atoms with Gasteiger partial charge in [0.05, 0.1) is 5.92 Å². The zero-order valence-corrected chi connectivity index (χ0v) is 12.9. The molecule has 0 aromatic heterocycles. The number of amides is 1. The van der Waals surface area contributed by atoms with Gasteiger partial charge >= 0.3 is 0 Å². The van der Waals surface area contributed by atoms with Gasteiger partial charge in [-0.15, -0.1) is 0 Å². The molecule has 0 fully saturated rings. The molecule has 1 aromatic rings. The summed E-state index contributed by atoms with van der Waals surface area (Å²) in [5, 5.41) is 3.09. The highest BCUT2D eigenvalue weighted by atomic mass is 79.9. The van der Waals surface area contributed by atoms with Crippen molar-refractivity contribution in [2.45, 2.75) is 50.4 Å². The largest absolute Gasteiger partial charge is 0.353 e. The van der Waals surface area contributed by atoms with Gasteiger partial charge in [0.25, 0.3) is 0 Å². The number of carbonyl (C=O) groups is 1. The van der Waals surface area contributed by atoms with Gasteiger partial charge < -0.3 is 5.32 Å². The van der Waals surface area contributed by atoms with E-state index in [4.69, 9.17) is 0 Å². The van der Waals surface area contributed by atoms with Crippen molar-refractivity contribution in [3.05, 3.63) is 35.9 Å². The van der Waals surface area contributed by atoms with Gasteiger partial charge in [0.1, 0.15) is 0 Å². The molecule has 18 heavy (non-hydrogen) atoms. The number of carbonyl (C=O) groups excluding carboxylic acids is 1. The summed E-state index contributed by atoms with van der Waals surface area (Å²) in [6.45, 7) is 6.19. The van der Waals surface area contributed by atoms with Gasteiger partial charge in [-0.05, 0) is 25.3 Å². The van der Waals surface area contributed by atoms with E-state index in [0.717, 1.165) is 18.4 Å². The first-order chi connectivity index (χ1) is 8.54. The lowest BCUT2D eigenvalue weighted by atomic mass is 9.95. The van der Waals surface area contributed by atoms with Crippen molar-refractivity contribution in [1.82, 2.24) is 5.32 Å². The third kappa shape index (κ3) is 4.81. The fourth-order valence-corrected chi connectivity index (χ4v) is 2.71. The van der Waals surface area contributed by atoms with Crippen LogP contribution in [0.4, 0.5) is 0 Å². The third-order valence-electron chi connectivity index (χ3n) is 2.99. The topological polar surface area (TPSA) is 29.1 Å². The van der Waals surface area contributed by atoms with Crippen LogP contribution in [0.1, 0.15) is 45.1 Å². The molecule has 0 heterocycles. The second-order valence-electron chi connectivity index (χ2n) is 4.80.